The minimum atomic E-state index is -0.866. The molecule has 0 aliphatic rings. The number of hydrogen-bond donors (Lipinski definition) is 3. The fourth-order valence-corrected chi connectivity index (χ4v) is 1.63. The Labute approximate surface area is 113 Å². The van der Waals surface area contributed by atoms with Crippen LogP contribution in [0.25, 0.3) is 0 Å². The highest BCUT2D eigenvalue weighted by Crippen LogP contribution is 2.09. The maximum absolute atomic E-state index is 11.5. The number of anilines is 1. The predicted octanol–water partition coefficient (Wildman–Crippen LogP) is 2.63. The van der Waals surface area contributed by atoms with Crippen LogP contribution in [-0.4, -0.2) is 23.7 Å². The van der Waals surface area contributed by atoms with Gasteiger partial charge in [0.25, 0.3) is 0 Å². The second-order valence-corrected chi connectivity index (χ2v) is 4.36. The highest BCUT2D eigenvalue weighted by molar-refractivity contribution is 5.89. The van der Waals surface area contributed by atoms with Crippen molar-refractivity contribution in [2.75, 3.05) is 11.9 Å². The summed E-state index contributed by atoms with van der Waals surface area (Å²) in [4.78, 5) is 22.0. The molecule has 0 saturated carbocycles. The van der Waals surface area contributed by atoms with Gasteiger partial charge >= 0.3 is 12.0 Å². The Balaban J connectivity index is 2.36. The third-order valence-corrected chi connectivity index (χ3v) is 2.63. The summed E-state index contributed by atoms with van der Waals surface area (Å²) in [5, 5.41) is 14.1. The van der Waals surface area contributed by atoms with Crippen molar-refractivity contribution < 1.29 is 14.7 Å². The Kier molecular flexibility index (Phi) is 6.43. The zero-order valence-corrected chi connectivity index (χ0v) is 11.1. The van der Waals surface area contributed by atoms with Crippen molar-refractivity contribution >= 4 is 17.7 Å². The van der Waals surface area contributed by atoms with Gasteiger partial charge in [0.05, 0.1) is 6.42 Å². The first-order valence-corrected chi connectivity index (χ1v) is 6.47. The standard InChI is InChI=1S/C14H20N2O3/c1-2-3-4-9-15-14(19)16-12-7-5-11(6-8-12)10-13(17)18/h5-8H,2-4,9-10H2,1H3,(H,17,18)(H2,15,16,19). The van der Waals surface area contributed by atoms with Crippen molar-refractivity contribution in [2.24, 2.45) is 0 Å². The number of urea groups is 1. The summed E-state index contributed by atoms with van der Waals surface area (Å²) in [6, 6.07) is 6.55. The van der Waals surface area contributed by atoms with Gasteiger partial charge in [-0.3, -0.25) is 4.79 Å². The Morgan fingerprint density at radius 3 is 2.42 bits per heavy atom. The molecule has 0 heterocycles. The highest BCUT2D eigenvalue weighted by atomic mass is 16.4. The fourth-order valence-electron chi connectivity index (χ4n) is 1.63. The number of rotatable bonds is 7. The molecule has 1 aromatic carbocycles. The van der Waals surface area contributed by atoms with E-state index in [2.05, 4.69) is 17.6 Å². The molecule has 0 spiro atoms. The molecule has 0 atom stereocenters. The molecule has 19 heavy (non-hydrogen) atoms. The number of carbonyl (C=O) groups is 2. The van der Waals surface area contributed by atoms with Crippen molar-refractivity contribution in [2.45, 2.75) is 32.6 Å². The van der Waals surface area contributed by atoms with E-state index in [9.17, 15) is 9.59 Å². The summed E-state index contributed by atoms with van der Waals surface area (Å²) < 4.78 is 0. The van der Waals surface area contributed by atoms with E-state index < -0.39 is 5.97 Å². The summed E-state index contributed by atoms with van der Waals surface area (Å²) in [5.74, 6) is -0.866. The van der Waals surface area contributed by atoms with Gasteiger partial charge < -0.3 is 15.7 Å². The molecule has 0 fully saturated rings. The third kappa shape index (κ3) is 6.45. The first kappa shape index (κ1) is 15.0. The lowest BCUT2D eigenvalue weighted by Gasteiger charge is -2.07. The quantitative estimate of drug-likeness (QED) is 0.662. The van der Waals surface area contributed by atoms with Crippen LogP contribution in [0.4, 0.5) is 10.5 Å². The van der Waals surface area contributed by atoms with Gasteiger partial charge in [-0.1, -0.05) is 31.9 Å². The van der Waals surface area contributed by atoms with E-state index in [1.807, 2.05) is 0 Å². The minimum absolute atomic E-state index is 0.0104. The van der Waals surface area contributed by atoms with Gasteiger partial charge in [0.15, 0.2) is 0 Å². The Morgan fingerprint density at radius 1 is 1.16 bits per heavy atom. The molecule has 1 aromatic rings. The predicted molar refractivity (Wildman–Crippen MR) is 74.3 cm³/mol. The summed E-state index contributed by atoms with van der Waals surface area (Å²) in [6.07, 6.45) is 3.18. The summed E-state index contributed by atoms with van der Waals surface area (Å²) in [5.41, 5.74) is 1.36. The van der Waals surface area contributed by atoms with E-state index >= 15 is 0 Å². The number of carboxylic acid groups (broad SMARTS) is 1. The number of amides is 2. The molecule has 3 N–H and O–H groups in total. The van der Waals surface area contributed by atoms with Crippen LogP contribution in [-0.2, 0) is 11.2 Å². The topological polar surface area (TPSA) is 78.4 Å². The summed E-state index contributed by atoms with van der Waals surface area (Å²) in [6.45, 7) is 2.77. The number of carbonyl (C=O) groups excluding carboxylic acids is 1. The van der Waals surface area contributed by atoms with Crippen LogP contribution in [0.3, 0.4) is 0 Å². The lowest BCUT2D eigenvalue weighted by atomic mass is 10.1. The molecule has 0 radical (unpaired) electrons. The maximum Gasteiger partial charge on any atom is 0.319 e. The molecular weight excluding hydrogens is 244 g/mol. The zero-order chi connectivity index (χ0) is 14.1. The van der Waals surface area contributed by atoms with Crippen LogP contribution in [0.2, 0.25) is 0 Å². The highest BCUT2D eigenvalue weighted by Gasteiger charge is 2.03. The van der Waals surface area contributed by atoms with Gasteiger partial charge in [0.1, 0.15) is 0 Å². The largest absolute Gasteiger partial charge is 0.481 e. The second kappa shape index (κ2) is 8.13. The third-order valence-electron chi connectivity index (χ3n) is 2.63. The number of hydrogen-bond acceptors (Lipinski definition) is 2. The SMILES string of the molecule is CCCCCNC(=O)Nc1ccc(CC(=O)O)cc1. The minimum Gasteiger partial charge on any atom is -0.481 e. The number of unbranched alkanes of at least 4 members (excludes halogenated alkanes) is 2. The number of benzene rings is 1. The van der Waals surface area contributed by atoms with Gasteiger partial charge in [-0.05, 0) is 24.1 Å². The van der Waals surface area contributed by atoms with E-state index in [-0.39, 0.29) is 12.5 Å². The fraction of sp³-hybridized carbons (Fsp3) is 0.429. The van der Waals surface area contributed by atoms with Crippen LogP contribution in [0.1, 0.15) is 31.7 Å². The maximum atomic E-state index is 11.5. The lowest BCUT2D eigenvalue weighted by Crippen LogP contribution is -2.29. The van der Waals surface area contributed by atoms with Gasteiger partial charge in [-0.2, -0.15) is 0 Å². The molecule has 0 aromatic heterocycles. The van der Waals surface area contributed by atoms with E-state index in [1.54, 1.807) is 24.3 Å². The number of nitrogens with one attached hydrogen (secondary N) is 2. The van der Waals surface area contributed by atoms with Gasteiger partial charge in [0.2, 0.25) is 0 Å². The van der Waals surface area contributed by atoms with Crippen LogP contribution in [0.5, 0.6) is 0 Å². The Hall–Kier alpha value is -2.04. The van der Waals surface area contributed by atoms with E-state index in [1.165, 1.54) is 0 Å². The Bertz CT molecular complexity index is 415. The molecule has 1 rings (SSSR count). The summed E-state index contributed by atoms with van der Waals surface area (Å²) >= 11 is 0. The molecule has 0 saturated heterocycles. The van der Waals surface area contributed by atoms with Gasteiger partial charge in [0, 0.05) is 12.2 Å². The molecule has 5 nitrogen and oxygen atoms in total. The van der Waals surface area contributed by atoms with E-state index in [0.717, 1.165) is 19.3 Å². The molecule has 2 amide bonds. The lowest BCUT2D eigenvalue weighted by molar-refractivity contribution is -0.136. The number of carboxylic acids is 1. The van der Waals surface area contributed by atoms with Crippen molar-refractivity contribution in [3.05, 3.63) is 29.8 Å². The summed E-state index contributed by atoms with van der Waals surface area (Å²) in [7, 11) is 0. The van der Waals surface area contributed by atoms with Gasteiger partial charge in [-0.25, -0.2) is 4.79 Å². The molecule has 0 bridgehead atoms. The first-order valence-electron chi connectivity index (χ1n) is 6.47. The molecule has 0 aliphatic carbocycles. The molecule has 0 aliphatic heterocycles. The van der Waals surface area contributed by atoms with Crippen molar-refractivity contribution in [1.82, 2.24) is 5.32 Å². The Morgan fingerprint density at radius 2 is 1.84 bits per heavy atom. The van der Waals surface area contributed by atoms with Crippen molar-refractivity contribution in [3.8, 4) is 0 Å². The van der Waals surface area contributed by atoms with E-state index in [0.29, 0.717) is 17.8 Å². The second-order valence-electron chi connectivity index (χ2n) is 4.36. The monoisotopic (exact) mass is 264 g/mol. The van der Waals surface area contributed by atoms with Gasteiger partial charge in [-0.15, -0.1) is 0 Å². The number of aliphatic carboxylic acids is 1. The normalized spacial score (nSPS) is 9.95. The van der Waals surface area contributed by atoms with Crippen LogP contribution in [0, 0.1) is 0 Å². The molecule has 5 heteroatoms. The molecule has 104 valence electrons. The van der Waals surface area contributed by atoms with Crippen LogP contribution < -0.4 is 10.6 Å². The van der Waals surface area contributed by atoms with E-state index in [4.69, 9.17) is 5.11 Å². The molecular formula is C14H20N2O3. The average molecular weight is 264 g/mol. The zero-order valence-electron chi connectivity index (χ0n) is 11.1. The molecule has 0 unspecified atom stereocenters. The van der Waals surface area contributed by atoms with Crippen LogP contribution in [0.15, 0.2) is 24.3 Å². The van der Waals surface area contributed by atoms with Crippen molar-refractivity contribution in [1.29, 1.82) is 0 Å². The van der Waals surface area contributed by atoms with Crippen molar-refractivity contribution in [3.63, 3.8) is 0 Å². The van der Waals surface area contributed by atoms with Crippen LogP contribution >= 0.6 is 0 Å². The average Bonchev–Trinajstić information content (AvgIpc) is 2.36. The first-order chi connectivity index (χ1) is 9.11. The smallest absolute Gasteiger partial charge is 0.319 e.